The number of anilines is 1. The number of hydrogen-bond acceptors (Lipinski definition) is 5. The van der Waals surface area contributed by atoms with E-state index in [1.807, 2.05) is 11.9 Å². The summed E-state index contributed by atoms with van der Waals surface area (Å²) in [5.41, 5.74) is 2.84. The van der Waals surface area contributed by atoms with Gasteiger partial charge in [-0.3, -0.25) is 9.59 Å². The first-order valence-corrected chi connectivity index (χ1v) is 12.2. The molecule has 2 aromatic carbocycles. The molecule has 1 saturated heterocycles. The summed E-state index contributed by atoms with van der Waals surface area (Å²) in [7, 11) is 2.03. The molecule has 0 spiro atoms. The fourth-order valence-corrected chi connectivity index (χ4v) is 4.36. The standard InChI is InChI=1S/C28H26F2N6O2/c1-34-12-14-35(15-13-34)25(37)17-36-18-32-26(19-2-6-22(29)7-3-19)27(36)21-10-11-31-24(16-21)33-28(38)20-4-8-23(30)9-5-20/h2-11,16,18H,12-15,17H2,1H3,(H,31,33,38). The molecule has 5 rings (SSSR count). The highest BCUT2D eigenvalue weighted by Crippen LogP contribution is 2.32. The van der Waals surface area contributed by atoms with E-state index in [9.17, 15) is 18.4 Å². The van der Waals surface area contributed by atoms with Gasteiger partial charge in [0.25, 0.3) is 5.91 Å². The van der Waals surface area contributed by atoms with Crippen molar-refractivity contribution in [1.82, 2.24) is 24.3 Å². The lowest BCUT2D eigenvalue weighted by molar-refractivity contribution is -0.133. The van der Waals surface area contributed by atoms with Crippen molar-refractivity contribution in [2.75, 3.05) is 38.5 Å². The van der Waals surface area contributed by atoms with Crippen LogP contribution >= 0.6 is 0 Å². The van der Waals surface area contributed by atoms with Gasteiger partial charge in [-0.25, -0.2) is 18.7 Å². The number of hydrogen-bond donors (Lipinski definition) is 1. The second kappa shape index (κ2) is 10.9. The van der Waals surface area contributed by atoms with Crippen molar-refractivity contribution in [2.24, 2.45) is 0 Å². The van der Waals surface area contributed by atoms with Crippen molar-refractivity contribution in [3.63, 3.8) is 0 Å². The Balaban J connectivity index is 1.47. The zero-order chi connectivity index (χ0) is 26.6. The first-order valence-electron chi connectivity index (χ1n) is 12.2. The number of amides is 2. The van der Waals surface area contributed by atoms with Gasteiger partial charge in [-0.2, -0.15) is 0 Å². The number of carbonyl (C=O) groups excluding carboxylic acids is 2. The molecule has 1 fully saturated rings. The van der Waals surface area contributed by atoms with Crippen molar-refractivity contribution >= 4 is 17.6 Å². The minimum absolute atomic E-state index is 0.0266. The summed E-state index contributed by atoms with van der Waals surface area (Å²) in [5.74, 6) is -0.988. The molecular formula is C28H26F2N6O2. The number of nitrogens with zero attached hydrogens (tertiary/aromatic N) is 5. The fourth-order valence-electron chi connectivity index (χ4n) is 4.36. The smallest absolute Gasteiger partial charge is 0.256 e. The zero-order valence-electron chi connectivity index (χ0n) is 20.8. The highest BCUT2D eigenvalue weighted by Gasteiger charge is 2.23. The van der Waals surface area contributed by atoms with Gasteiger partial charge in [0.05, 0.1) is 17.7 Å². The van der Waals surface area contributed by atoms with Crippen LogP contribution in [0, 0.1) is 11.6 Å². The number of nitrogens with one attached hydrogen (secondary N) is 1. The maximum atomic E-state index is 13.6. The van der Waals surface area contributed by atoms with E-state index in [2.05, 4.69) is 20.2 Å². The van der Waals surface area contributed by atoms with Crippen LogP contribution in [0.3, 0.4) is 0 Å². The molecule has 1 aliphatic heterocycles. The monoisotopic (exact) mass is 516 g/mol. The molecule has 1 aliphatic rings. The zero-order valence-corrected chi connectivity index (χ0v) is 20.8. The van der Waals surface area contributed by atoms with E-state index >= 15 is 0 Å². The number of carbonyl (C=O) groups is 2. The maximum absolute atomic E-state index is 13.6. The predicted octanol–water partition coefficient (Wildman–Crippen LogP) is 3.92. The van der Waals surface area contributed by atoms with E-state index in [4.69, 9.17) is 0 Å². The van der Waals surface area contributed by atoms with Crippen molar-refractivity contribution in [3.05, 3.63) is 90.4 Å². The summed E-state index contributed by atoms with van der Waals surface area (Å²) >= 11 is 0. The number of likely N-dealkylation sites (N-methyl/N-ethyl adjacent to an activating group) is 1. The highest BCUT2D eigenvalue weighted by atomic mass is 19.1. The van der Waals surface area contributed by atoms with Crippen LogP contribution in [-0.2, 0) is 11.3 Å². The Hall–Kier alpha value is -4.44. The van der Waals surface area contributed by atoms with Gasteiger partial charge in [0.1, 0.15) is 24.0 Å². The summed E-state index contributed by atoms with van der Waals surface area (Å²) < 4.78 is 28.6. The van der Waals surface area contributed by atoms with Crippen molar-refractivity contribution in [1.29, 1.82) is 0 Å². The number of rotatable bonds is 6. The summed E-state index contributed by atoms with van der Waals surface area (Å²) in [6.07, 6.45) is 3.14. The van der Waals surface area contributed by atoms with E-state index in [1.165, 1.54) is 36.4 Å². The molecule has 0 bridgehead atoms. The van der Waals surface area contributed by atoms with Gasteiger partial charge in [0, 0.05) is 49.1 Å². The van der Waals surface area contributed by atoms with Gasteiger partial charge in [-0.05, 0) is 67.7 Å². The van der Waals surface area contributed by atoms with Crippen LogP contribution in [0.5, 0.6) is 0 Å². The number of aromatic nitrogens is 3. The molecule has 10 heteroatoms. The fraction of sp³-hybridized carbons (Fsp3) is 0.214. The van der Waals surface area contributed by atoms with E-state index in [0.29, 0.717) is 35.6 Å². The topological polar surface area (TPSA) is 83.4 Å². The summed E-state index contributed by atoms with van der Waals surface area (Å²) in [6, 6.07) is 14.6. The quantitative estimate of drug-likeness (QED) is 0.420. The third kappa shape index (κ3) is 5.60. The normalized spacial score (nSPS) is 13.9. The molecule has 2 amide bonds. The van der Waals surface area contributed by atoms with Crippen LogP contribution in [0.1, 0.15) is 10.4 Å². The first kappa shape index (κ1) is 25.2. The Morgan fingerprint density at radius 3 is 2.21 bits per heavy atom. The Bertz CT molecular complexity index is 1450. The molecule has 194 valence electrons. The highest BCUT2D eigenvalue weighted by molar-refractivity contribution is 6.04. The van der Waals surface area contributed by atoms with E-state index in [0.717, 1.165) is 13.1 Å². The van der Waals surface area contributed by atoms with E-state index in [-0.39, 0.29) is 29.7 Å². The largest absolute Gasteiger partial charge is 0.339 e. The number of imidazole rings is 1. The van der Waals surface area contributed by atoms with E-state index < -0.39 is 11.7 Å². The average Bonchev–Trinajstić information content (AvgIpc) is 3.33. The van der Waals surface area contributed by atoms with Crippen LogP contribution in [0.25, 0.3) is 22.5 Å². The molecule has 1 N–H and O–H groups in total. The molecule has 0 saturated carbocycles. The third-order valence-electron chi connectivity index (χ3n) is 6.50. The van der Waals surface area contributed by atoms with Crippen LogP contribution in [0.2, 0.25) is 0 Å². The second-order valence-corrected chi connectivity index (χ2v) is 9.15. The Morgan fingerprint density at radius 1 is 0.868 bits per heavy atom. The van der Waals surface area contributed by atoms with Gasteiger partial charge < -0.3 is 19.7 Å². The Kier molecular flexibility index (Phi) is 7.23. The summed E-state index contributed by atoms with van der Waals surface area (Å²) in [6.45, 7) is 3.00. The van der Waals surface area contributed by atoms with Crippen molar-refractivity contribution in [2.45, 2.75) is 6.54 Å². The molecule has 0 radical (unpaired) electrons. The van der Waals surface area contributed by atoms with Crippen LogP contribution in [0.4, 0.5) is 14.6 Å². The number of piperazine rings is 1. The van der Waals surface area contributed by atoms with Gasteiger partial charge >= 0.3 is 0 Å². The lowest BCUT2D eigenvalue weighted by Gasteiger charge is -2.32. The molecule has 0 atom stereocenters. The summed E-state index contributed by atoms with van der Waals surface area (Å²) in [4.78, 5) is 38.7. The van der Waals surface area contributed by atoms with Crippen molar-refractivity contribution < 1.29 is 18.4 Å². The number of halogens is 2. The van der Waals surface area contributed by atoms with Crippen LogP contribution < -0.4 is 5.32 Å². The SMILES string of the molecule is CN1CCN(C(=O)Cn2cnc(-c3ccc(F)cc3)c2-c2ccnc(NC(=O)c3ccc(F)cc3)c2)CC1. The van der Waals surface area contributed by atoms with Crippen molar-refractivity contribution in [3.8, 4) is 22.5 Å². The van der Waals surface area contributed by atoms with Gasteiger partial charge in [-0.15, -0.1) is 0 Å². The number of pyridine rings is 1. The lowest BCUT2D eigenvalue weighted by Crippen LogP contribution is -2.48. The lowest BCUT2D eigenvalue weighted by atomic mass is 10.1. The molecule has 4 aromatic rings. The summed E-state index contributed by atoms with van der Waals surface area (Å²) in [5, 5.41) is 2.73. The molecule has 38 heavy (non-hydrogen) atoms. The van der Waals surface area contributed by atoms with Crippen LogP contribution in [0.15, 0.2) is 73.2 Å². The molecule has 3 heterocycles. The van der Waals surface area contributed by atoms with E-state index in [1.54, 1.807) is 41.4 Å². The first-order chi connectivity index (χ1) is 18.4. The molecule has 0 aliphatic carbocycles. The molecular weight excluding hydrogens is 490 g/mol. The van der Waals surface area contributed by atoms with Gasteiger partial charge in [0.2, 0.25) is 5.91 Å². The van der Waals surface area contributed by atoms with Gasteiger partial charge in [-0.1, -0.05) is 0 Å². The maximum Gasteiger partial charge on any atom is 0.256 e. The average molecular weight is 517 g/mol. The third-order valence-corrected chi connectivity index (χ3v) is 6.50. The molecule has 8 nitrogen and oxygen atoms in total. The minimum atomic E-state index is -0.438. The second-order valence-electron chi connectivity index (χ2n) is 9.15. The van der Waals surface area contributed by atoms with Crippen LogP contribution in [-0.4, -0.2) is 69.4 Å². The number of benzene rings is 2. The van der Waals surface area contributed by atoms with Gasteiger partial charge in [0.15, 0.2) is 0 Å². The Labute approximate surface area is 218 Å². The molecule has 2 aromatic heterocycles. The minimum Gasteiger partial charge on any atom is -0.339 e. The molecule has 0 unspecified atom stereocenters. The predicted molar refractivity (Wildman–Crippen MR) is 139 cm³/mol. The Morgan fingerprint density at radius 2 is 1.53 bits per heavy atom.